The van der Waals surface area contributed by atoms with Crippen LogP contribution in [0.3, 0.4) is 0 Å². The van der Waals surface area contributed by atoms with Crippen molar-refractivity contribution in [2.24, 2.45) is 5.92 Å². The molecular weight excluding hydrogens is 236 g/mol. The van der Waals surface area contributed by atoms with Crippen molar-refractivity contribution in [1.82, 2.24) is 4.90 Å². The first kappa shape index (κ1) is 15.5. The molecule has 0 aliphatic rings. The molecule has 1 aromatic carbocycles. The number of nitrogens with two attached hydrogens (primary N) is 1. The zero-order chi connectivity index (χ0) is 14.4. The van der Waals surface area contributed by atoms with Gasteiger partial charge in [0.2, 0.25) is 0 Å². The number of nitrogens with zero attached hydrogens (tertiary/aromatic N) is 1. The number of benzene rings is 1. The molecule has 0 saturated heterocycles. The van der Waals surface area contributed by atoms with E-state index in [-0.39, 0.29) is 5.91 Å². The summed E-state index contributed by atoms with van der Waals surface area (Å²) in [4.78, 5) is 14.4. The largest absolute Gasteiger partial charge is 0.398 e. The lowest BCUT2D eigenvalue weighted by Crippen LogP contribution is -2.35. The molecule has 1 rings (SSSR count). The van der Waals surface area contributed by atoms with E-state index < -0.39 is 0 Å². The molecule has 0 atom stereocenters. The van der Waals surface area contributed by atoms with Crippen molar-refractivity contribution >= 4 is 11.6 Å². The van der Waals surface area contributed by atoms with Gasteiger partial charge in [0.25, 0.3) is 5.91 Å². The molecule has 0 radical (unpaired) electrons. The third-order valence-corrected chi connectivity index (χ3v) is 3.74. The first-order valence-corrected chi connectivity index (χ1v) is 7.18. The zero-order valence-corrected chi connectivity index (χ0v) is 12.6. The van der Waals surface area contributed by atoms with Crippen molar-refractivity contribution in [1.29, 1.82) is 0 Å². The van der Waals surface area contributed by atoms with Gasteiger partial charge >= 0.3 is 0 Å². The minimum Gasteiger partial charge on any atom is -0.398 e. The van der Waals surface area contributed by atoms with Crippen LogP contribution in [0.4, 0.5) is 5.69 Å². The SMILES string of the molecule is CCC(CC)CN(CC)C(=O)c1ccc(C)cc1N. The summed E-state index contributed by atoms with van der Waals surface area (Å²) < 4.78 is 0. The van der Waals surface area contributed by atoms with Crippen molar-refractivity contribution < 1.29 is 4.79 Å². The number of hydrogen-bond acceptors (Lipinski definition) is 2. The highest BCUT2D eigenvalue weighted by Crippen LogP contribution is 2.18. The Bertz CT molecular complexity index is 425. The van der Waals surface area contributed by atoms with E-state index in [0.717, 1.165) is 31.5 Å². The second-order valence-electron chi connectivity index (χ2n) is 5.12. The molecule has 0 fully saturated rings. The monoisotopic (exact) mass is 262 g/mol. The standard InChI is InChI=1S/C16H26N2O/c1-5-13(6-2)11-18(7-3)16(19)14-9-8-12(4)10-15(14)17/h8-10,13H,5-7,11,17H2,1-4H3. The van der Waals surface area contributed by atoms with Crippen LogP contribution in [0.2, 0.25) is 0 Å². The van der Waals surface area contributed by atoms with Crippen molar-refractivity contribution in [3.05, 3.63) is 29.3 Å². The van der Waals surface area contributed by atoms with Gasteiger partial charge in [0.1, 0.15) is 0 Å². The molecule has 1 aromatic rings. The highest BCUT2D eigenvalue weighted by Gasteiger charge is 2.19. The predicted octanol–water partition coefficient (Wildman–Crippen LogP) is 3.48. The Morgan fingerprint density at radius 2 is 1.89 bits per heavy atom. The van der Waals surface area contributed by atoms with E-state index in [9.17, 15) is 4.79 Å². The van der Waals surface area contributed by atoms with Crippen molar-refractivity contribution in [2.45, 2.75) is 40.5 Å². The lowest BCUT2D eigenvalue weighted by Gasteiger charge is -2.26. The third-order valence-electron chi connectivity index (χ3n) is 3.74. The summed E-state index contributed by atoms with van der Waals surface area (Å²) >= 11 is 0. The van der Waals surface area contributed by atoms with E-state index in [1.165, 1.54) is 0 Å². The number of anilines is 1. The fourth-order valence-corrected chi connectivity index (χ4v) is 2.26. The van der Waals surface area contributed by atoms with E-state index in [4.69, 9.17) is 5.73 Å². The molecule has 0 aromatic heterocycles. The van der Waals surface area contributed by atoms with Crippen molar-refractivity contribution in [3.63, 3.8) is 0 Å². The Balaban J connectivity index is 2.89. The normalized spacial score (nSPS) is 10.8. The van der Waals surface area contributed by atoms with Gasteiger partial charge in [-0.15, -0.1) is 0 Å². The lowest BCUT2D eigenvalue weighted by molar-refractivity contribution is 0.0736. The summed E-state index contributed by atoms with van der Waals surface area (Å²) in [7, 11) is 0. The highest BCUT2D eigenvalue weighted by molar-refractivity contribution is 5.99. The second kappa shape index (κ2) is 7.17. The van der Waals surface area contributed by atoms with Gasteiger partial charge in [0.15, 0.2) is 0 Å². The van der Waals surface area contributed by atoms with Gasteiger partial charge in [-0.1, -0.05) is 32.8 Å². The Hall–Kier alpha value is -1.51. The first-order chi connectivity index (χ1) is 9.03. The number of amides is 1. The fourth-order valence-electron chi connectivity index (χ4n) is 2.26. The molecule has 1 amide bonds. The molecule has 3 nitrogen and oxygen atoms in total. The quantitative estimate of drug-likeness (QED) is 0.798. The van der Waals surface area contributed by atoms with E-state index in [0.29, 0.717) is 17.2 Å². The van der Waals surface area contributed by atoms with Crippen LogP contribution in [0.25, 0.3) is 0 Å². The molecule has 0 aliphatic heterocycles. The topological polar surface area (TPSA) is 46.3 Å². The van der Waals surface area contributed by atoms with Gasteiger partial charge in [0, 0.05) is 18.8 Å². The summed E-state index contributed by atoms with van der Waals surface area (Å²) in [5.41, 5.74) is 8.24. The maximum atomic E-state index is 12.5. The molecule has 3 heteroatoms. The molecule has 0 aliphatic carbocycles. The van der Waals surface area contributed by atoms with Crippen molar-refractivity contribution in [3.8, 4) is 0 Å². The van der Waals surface area contributed by atoms with Crippen LogP contribution in [-0.4, -0.2) is 23.9 Å². The molecule has 0 bridgehead atoms. The van der Waals surface area contributed by atoms with Crippen LogP contribution in [0, 0.1) is 12.8 Å². The van der Waals surface area contributed by atoms with Gasteiger partial charge in [-0.2, -0.15) is 0 Å². The molecular formula is C16H26N2O. The summed E-state index contributed by atoms with van der Waals surface area (Å²) in [5, 5.41) is 0. The van der Waals surface area contributed by atoms with E-state index in [1.54, 1.807) is 0 Å². The first-order valence-electron chi connectivity index (χ1n) is 7.18. The number of nitrogen functional groups attached to an aromatic ring is 1. The minimum atomic E-state index is 0.0481. The van der Waals surface area contributed by atoms with Crippen LogP contribution < -0.4 is 5.73 Å². The number of hydrogen-bond donors (Lipinski definition) is 1. The van der Waals surface area contributed by atoms with Gasteiger partial charge in [0.05, 0.1) is 5.56 Å². The van der Waals surface area contributed by atoms with Crippen LogP contribution in [0.1, 0.15) is 49.5 Å². The Morgan fingerprint density at radius 1 is 1.26 bits per heavy atom. The molecule has 0 unspecified atom stereocenters. The fraction of sp³-hybridized carbons (Fsp3) is 0.562. The maximum Gasteiger partial charge on any atom is 0.255 e. The average molecular weight is 262 g/mol. The molecule has 0 spiro atoms. The summed E-state index contributed by atoms with van der Waals surface area (Å²) in [6, 6.07) is 5.63. The minimum absolute atomic E-state index is 0.0481. The highest BCUT2D eigenvalue weighted by atomic mass is 16.2. The summed E-state index contributed by atoms with van der Waals surface area (Å²) in [6.07, 6.45) is 2.20. The van der Waals surface area contributed by atoms with Crippen LogP contribution in [0.15, 0.2) is 18.2 Å². The number of rotatable bonds is 6. The van der Waals surface area contributed by atoms with E-state index >= 15 is 0 Å². The van der Waals surface area contributed by atoms with Gasteiger partial charge in [-0.25, -0.2) is 0 Å². The lowest BCUT2D eigenvalue weighted by atomic mass is 10.0. The molecule has 0 heterocycles. The summed E-state index contributed by atoms with van der Waals surface area (Å²) in [6.45, 7) is 9.88. The average Bonchev–Trinajstić information content (AvgIpc) is 2.39. The Labute approximate surface area is 116 Å². The van der Waals surface area contributed by atoms with Gasteiger partial charge < -0.3 is 10.6 Å². The van der Waals surface area contributed by atoms with E-state index in [2.05, 4.69) is 13.8 Å². The number of carbonyl (C=O) groups is 1. The molecule has 106 valence electrons. The van der Waals surface area contributed by atoms with Gasteiger partial charge in [-0.05, 0) is 37.5 Å². The zero-order valence-electron chi connectivity index (χ0n) is 12.6. The molecule has 0 saturated carbocycles. The van der Waals surface area contributed by atoms with Gasteiger partial charge in [-0.3, -0.25) is 4.79 Å². The maximum absolute atomic E-state index is 12.5. The molecule has 2 N–H and O–H groups in total. The molecule has 19 heavy (non-hydrogen) atoms. The third kappa shape index (κ3) is 3.98. The Kier molecular flexibility index (Phi) is 5.87. The van der Waals surface area contributed by atoms with Crippen molar-refractivity contribution in [2.75, 3.05) is 18.8 Å². The van der Waals surface area contributed by atoms with E-state index in [1.807, 2.05) is 36.9 Å². The van der Waals surface area contributed by atoms with Crippen LogP contribution >= 0.6 is 0 Å². The second-order valence-corrected chi connectivity index (χ2v) is 5.12. The van der Waals surface area contributed by atoms with Crippen LogP contribution in [-0.2, 0) is 0 Å². The number of aryl methyl sites for hydroxylation is 1. The summed E-state index contributed by atoms with van der Waals surface area (Å²) in [5.74, 6) is 0.613. The Morgan fingerprint density at radius 3 is 2.37 bits per heavy atom. The number of carbonyl (C=O) groups excluding carboxylic acids is 1. The predicted molar refractivity (Wildman–Crippen MR) is 81.2 cm³/mol. The smallest absolute Gasteiger partial charge is 0.255 e. The van der Waals surface area contributed by atoms with Crippen LogP contribution in [0.5, 0.6) is 0 Å².